The minimum absolute atomic E-state index is 0.253. The lowest BCUT2D eigenvalue weighted by Crippen LogP contribution is -2.25. The van der Waals surface area contributed by atoms with Gasteiger partial charge < -0.3 is 10.6 Å². The fourth-order valence-corrected chi connectivity index (χ4v) is 3.22. The first-order valence-electron chi connectivity index (χ1n) is 10.0. The first-order valence-corrected chi connectivity index (χ1v) is 10.0. The monoisotopic (exact) mass is 430 g/mol. The lowest BCUT2D eigenvalue weighted by Gasteiger charge is -2.09. The van der Waals surface area contributed by atoms with Crippen LogP contribution in [-0.4, -0.2) is 22.4 Å². The van der Waals surface area contributed by atoms with Gasteiger partial charge in [-0.05, 0) is 47.9 Å². The molecule has 4 aromatic rings. The fourth-order valence-electron chi connectivity index (χ4n) is 3.22. The van der Waals surface area contributed by atoms with Crippen molar-refractivity contribution in [3.8, 4) is 11.1 Å². The first kappa shape index (κ1) is 21.1. The van der Waals surface area contributed by atoms with Crippen LogP contribution in [-0.2, 0) is 6.42 Å². The molecule has 32 heavy (non-hydrogen) atoms. The number of halogens is 2. The number of nitrogens with one attached hydrogen (secondary N) is 2. The van der Waals surface area contributed by atoms with Gasteiger partial charge in [-0.2, -0.15) is 0 Å². The quantitative estimate of drug-likeness (QED) is 0.426. The van der Waals surface area contributed by atoms with Crippen LogP contribution in [0.2, 0.25) is 0 Å². The molecule has 0 atom stereocenters. The van der Waals surface area contributed by atoms with Gasteiger partial charge in [-0.1, -0.05) is 36.4 Å². The minimum Gasteiger partial charge on any atom is -0.352 e. The Morgan fingerprint density at radius 2 is 1.53 bits per heavy atom. The van der Waals surface area contributed by atoms with E-state index in [1.807, 2.05) is 30.3 Å². The van der Waals surface area contributed by atoms with E-state index >= 15 is 0 Å². The van der Waals surface area contributed by atoms with Crippen LogP contribution in [0.15, 0.2) is 85.2 Å². The second-order valence-electron chi connectivity index (χ2n) is 7.15. The van der Waals surface area contributed by atoms with Crippen LogP contribution < -0.4 is 10.6 Å². The van der Waals surface area contributed by atoms with Crippen LogP contribution in [0.25, 0.3) is 11.1 Å². The van der Waals surface area contributed by atoms with E-state index in [1.165, 1.54) is 12.1 Å². The molecule has 0 radical (unpaired) electrons. The normalized spacial score (nSPS) is 10.6. The second kappa shape index (κ2) is 9.78. The maximum Gasteiger partial charge on any atom is 0.251 e. The summed E-state index contributed by atoms with van der Waals surface area (Å²) in [6.07, 6.45) is 3.78. The van der Waals surface area contributed by atoms with Crippen LogP contribution in [0.5, 0.6) is 0 Å². The van der Waals surface area contributed by atoms with E-state index in [-0.39, 0.29) is 12.5 Å². The van der Waals surface area contributed by atoms with Gasteiger partial charge in [0.25, 0.3) is 5.91 Å². The highest BCUT2D eigenvalue weighted by molar-refractivity contribution is 5.95. The number of carbonyl (C=O) groups excluding carboxylic acids is 1. The van der Waals surface area contributed by atoms with Crippen molar-refractivity contribution in [1.82, 2.24) is 15.3 Å². The number of rotatable bonds is 7. The molecule has 0 aliphatic rings. The third kappa shape index (κ3) is 5.51. The van der Waals surface area contributed by atoms with Crippen LogP contribution in [0.1, 0.15) is 15.9 Å². The number of aromatic nitrogens is 2. The molecule has 5 nitrogen and oxygen atoms in total. The smallest absolute Gasteiger partial charge is 0.251 e. The Morgan fingerprint density at radius 3 is 2.25 bits per heavy atom. The molecule has 0 saturated carbocycles. The third-order valence-electron chi connectivity index (χ3n) is 4.76. The summed E-state index contributed by atoms with van der Waals surface area (Å²) in [6, 6.07) is 20.1. The van der Waals surface area contributed by atoms with Crippen molar-refractivity contribution < 1.29 is 13.6 Å². The Kier molecular flexibility index (Phi) is 6.46. The lowest BCUT2D eigenvalue weighted by atomic mass is 10.1. The second-order valence-corrected chi connectivity index (χ2v) is 7.15. The zero-order chi connectivity index (χ0) is 22.3. The molecule has 0 unspecified atom stereocenters. The molecule has 4 rings (SSSR count). The maximum atomic E-state index is 13.3. The molecule has 1 heterocycles. The molecule has 7 heteroatoms. The van der Waals surface area contributed by atoms with Crippen molar-refractivity contribution >= 4 is 17.5 Å². The predicted octanol–water partition coefficient (Wildman–Crippen LogP) is 5.14. The molecule has 0 fully saturated rings. The van der Waals surface area contributed by atoms with Gasteiger partial charge in [-0.3, -0.25) is 4.79 Å². The number of hydrogen-bond donors (Lipinski definition) is 2. The summed E-state index contributed by atoms with van der Waals surface area (Å²) in [5.41, 5.74) is 3.52. The number of nitrogens with zero attached hydrogens (tertiary/aromatic N) is 2. The number of anilines is 2. The van der Waals surface area contributed by atoms with Gasteiger partial charge in [0.1, 0.15) is 11.6 Å². The molecule has 0 spiro atoms. The average Bonchev–Trinajstić information content (AvgIpc) is 2.80. The van der Waals surface area contributed by atoms with E-state index in [2.05, 4.69) is 20.6 Å². The number of hydrogen-bond acceptors (Lipinski definition) is 4. The number of amides is 1. The summed E-state index contributed by atoms with van der Waals surface area (Å²) in [4.78, 5) is 21.1. The van der Waals surface area contributed by atoms with Crippen LogP contribution in [0, 0.1) is 11.6 Å². The molecule has 1 aromatic heterocycles. The average molecular weight is 430 g/mol. The summed E-state index contributed by atoms with van der Waals surface area (Å²) in [5.74, 6) is -1.14. The molecule has 0 aliphatic heterocycles. The summed E-state index contributed by atoms with van der Waals surface area (Å²) in [5, 5.41) is 5.85. The van der Waals surface area contributed by atoms with Gasteiger partial charge in [-0.15, -0.1) is 0 Å². The summed E-state index contributed by atoms with van der Waals surface area (Å²) in [7, 11) is 0. The highest BCUT2D eigenvalue weighted by atomic mass is 19.1. The van der Waals surface area contributed by atoms with Crippen LogP contribution in [0.3, 0.4) is 0 Å². The number of carbonyl (C=O) groups is 1. The van der Waals surface area contributed by atoms with Gasteiger partial charge in [0.05, 0.1) is 0 Å². The first-order chi connectivity index (χ1) is 15.6. The predicted molar refractivity (Wildman–Crippen MR) is 120 cm³/mol. The fraction of sp³-hybridized carbons (Fsp3) is 0.0800. The zero-order valence-corrected chi connectivity index (χ0v) is 17.1. The molecule has 0 bridgehead atoms. The minimum atomic E-state index is -0.635. The Labute approximate surface area is 184 Å². The van der Waals surface area contributed by atoms with E-state index in [1.54, 1.807) is 36.7 Å². The molecule has 160 valence electrons. The molecule has 0 saturated heterocycles. The SMILES string of the molecule is O=C(NCCc1cc(F)cc(F)c1)c1cccc(Nc2ncc(-c3ccccc3)cn2)c1. The van der Waals surface area contributed by atoms with Crippen LogP contribution >= 0.6 is 0 Å². The Balaban J connectivity index is 1.36. The maximum absolute atomic E-state index is 13.3. The van der Waals surface area contributed by atoms with E-state index in [4.69, 9.17) is 0 Å². The largest absolute Gasteiger partial charge is 0.352 e. The molecule has 0 aliphatic carbocycles. The van der Waals surface area contributed by atoms with E-state index in [9.17, 15) is 13.6 Å². The van der Waals surface area contributed by atoms with Gasteiger partial charge in [0.2, 0.25) is 5.95 Å². The van der Waals surface area contributed by atoms with Crippen molar-refractivity contribution in [3.05, 3.63) is 108 Å². The van der Waals surface area contributed by atoms with Crippen LogP contribution in [0.4, 0.5) is 20.4 Å². The Bertz CT molecular complexity index is 1190. The number of benzene rings is 3. The van der Waals surface area contributed by atoms with Gasteiger partial charge in [-0.25, -0.2) is 18.7 Å². The summed E-state index contributed by atoms with van der Waals surface area (Å²) >= 11 is 0. The molecular weight excluding hydrogens is 410 g/mol. The molecule has 1 amide bonds. The highest BCUT2D eigenvalue weighted by Crippen LogP contribution is 2.19. The topological polar surface area (TPSA) is 66.9 Å². The molecule has 2 N–H and O–H groups in total. The molecule has 3 aromatic carbocycles. The Morgan fingerprint density at radius 1 is 0.812 bits per heavy atom. The molecular formula is C25H20F2N4O. The lowest BCUT2D eigenvalue weighted by molar-refractivity contribution is 0.0954. The van der Waals surface area contributed by atoms with Gasteiger partial charge >= 0.3 is 0 Å². The van der Waals surface area contributed by atoms with E-state index in [0.717, 1.165) is 17.2 Å². The van der Waals surface area contributed by atoms with Crippen molar-refractivity contribution in [2.45, 2.75) is 6.42 Å². The zero-order valence-electron chi connectivity index (χ0n) is 17.1. The van der Waals surface area contributed by atoms with Crippen molar-refractivity contribution in [3.63, 3.8) is 0 Å². The van der Waals surface area contributed by atoms with E-state index in [0.29, 0.717) is 29.2 Å². The van der Waals surface area contributed by atoms with E-state index < -0.39 is 11.6 Å². The highest BCUT2D eigenvalue weighted by Gasteiger charge is 2.08. The summed E-state index contributed by atoms with van der Waals surface area (Å²) < 4.78 is 26.5. The van der Waals surface area contributed by atoms with Crippen molar-refractivity contribution in [1.29, 1.82) is 0 Å². The van der Waals surface area contributed by atoms with Gasteiger partial charge in [0, 0.05) is 41.8 Å². The third-order valence-corrected chi connectivity index (χ3v) is 4.76. The Hall–Kier alpha value is -4.13. The summed E-state index contributed by atoms with van der Waals surface area (Å²) in [6.45, 7) is 0.253. The standard InChI is InChI=1S/C25H20F2N4O/c26-21-11-17(12-22(27)14-21)9-10-28-24(32)19-7-4-8-23(13-19)31-25-29-15-20(16-30-25)18-5-2-1-3-6-18/h1-8,11-16H,9-10H2,(H,28,32)(H,29,30,31). The van der Waals surface area contributed by atoms with Gasteiger partial charge in [0.15, 0.2) is 0 Å². The van der Waals surface area contributed by atoms with Crippen molar-refractivity contribution in [2.75, 3.05) is 11.9 Å². The van der Waals surface area contributed by atoms with Crippen molar-refractivity contribution in [2.24, 2.45) is 0 Å².